The van der Waals surface area contributed by atoms with Crippen molar-refractivity contribution in [1.82, 2.24) is 0 Å². The second-order valence-electron chi connectivity index (χ2n) is 3.89. The summed E-state index contributed by atoms with van der Waals surface area (Å²) < 4.78 is 5.64. The highest BCUT2D eigenvalue weighted by Crippen LogP contribution is 2.20. The molecule has 2 aromatic rings. The maximum Gasteiger partial charge on any atom is 0.349 e. The third-order valence-electron chi connectivity index (χ3n) is 2.32. The molecular formula is C17H16BrClO2. The molecule has 0 aliphatic rings. The second kappa shape index (κ2) is 10.2. The van der Waals surface area contributed by atoms with Crippen molar-refractivity contribution < 1.29 is 9.53 Å². The summed E-state index contributed by atoms with van der Waals surface area (Å²) in [4.78, 5) is 11.2. The van der Waals surface area contributed by atoms with Gasteiger partial charge in [-0.25, -0.2) is 4.79 Å². The lowest BCUT2D eigenvalue weighted by Crippen LogP contribution is -2.03. The fraction of sp³-hybridized carbons (Fsp3) is 0.118. The van der Waals surface area contributed by atoms with Crippen LogP contribution in [0.3, 0.4) is 0 Å². The van der Waals surface area contributed by atoms with Gasteiger partial charge in [0.15, 0.2) is 0 Å². The second-order valence-corrected chi connectivity index (χ2v) is 5.15. The van der Waals surface area contributed by atoms with Crippen molar-refractivity contribution in [3.63, 3.8) is 0 Å². The number of rotatable bonds is 3. The summed E-state index contributed by atoms with van der Waals surface area (Å²) in [6.45, 7) is 2.05. The first-order chi connectivity index (χ1) is 10.1. The Morgan fingerprint density at radius 2 is 1.62 bits per heavy atom. The van der Waals surface area contributed by atoms with E-state index in [9.17, 15) is 4.79 Å². The number of hydrogen-bond acceptors (Lipinski definition) is 2. The van der Waals surface area contributed by atoms with Gasteiger partial charge in [-0.05, 0) is 24.6 Å². The van der Waals surface area contributed by atoms with Gasteiger partial charge < -0.3 is 4.74 Å². The molecule has 0 amide bonds. The number of benzene rings is 2. The fourth-order valence-corrected chi connectivity index (χ4v) is 1.94. The van der Waals surface area contributed by atoms with E-state index in [4.69, 9.17) is 16.3 Å². The largest absolute Gasteiger partial charge is 0.462 e. The zero-order chi connectivity index (χ0) is 15.5. The van der Waals surface area contributed by atoms with E-state index in [0.717, 1.165) is 10.0 Å². The van der Waals surface area contributed by atoms with Crippen molar-refractivity contribution in [3.8, 4) is 0 Å². The van der Waals surface area contributed by atoms with Gasteiger partial charge in [0.1, 0.15) is 5.03 Å². The van der Waals surface area contributed by atoms with Crippen LogP contribution < -0.4 is 0 Å². The summed E-state index contributed by atoms with van der Waals surface area (Å²) >= 11 is 9.14. The summed E-state index contributed by atoms with van der Waals surface area (Å²) in [5.41, 5.74) is 0.843. The number of ether oxygens (including phenoxy) is 1. The van der Waals surface area contributed by atoms with E-state index < -0.39 is 5.97 Å². The van der Waals surface area contributed by atoms with Gasteiger partial charge in [-0.3, -0.25) is 0 Å². The first-order valence-electron chi connectivity index (χ1n) is 6.44. The third kappa shape index (κ3) is 7.11. The van der Waals surface area contributed by atoms with E-state index in [-0.39, 0.29) is 5.03 Å². The lowest BCUT2D eigenvalue weighted by atomic mass is 10.2. The molecule has 4 heteroatoms. The lowest BCUT2D eigenvalue weighted by Gasteiger charge is -2.01. The summed E-state index contributed by atoms with van der Waals surface area (Å²) in [5.74, 6) is -0.505. The monoisotopic (exact) mass is 366 g/mol. The number of halogens is 2. The highest BCUT2D eigenvalue weighted by molar-refractivity contribution is 9.10. The minimum atomic E-state index is -0.505. The lowest BCUT2D eigenvalue weighted by molar-refractivity contribution is -0.137. The molecule has 2 aromatic carbocycles. The number of hydrogen-bond donors (Lipinski definition) is 0. The maximum atomic E-state index is 11.2. The third-order valence-corrected chi connectivity index (χ3v) is 3.31. The predicted molar refractivity (Wildman–Crippen MR) is 91.0 cm³/mol. The molecule has 0 spiro atoms. The van der Waals surface area contributed by atoms with E-state index in [1.165, 1.54) is 0 Å². The Labute approximate surface area is 138 Å². The van der Waals surface area contributed by atoms with Crippen LogP contribution in [-0.2, 0) is 9.53 Å². The fourth-order valence-electron chi connectivity index (χ4n) is 1.37. The molecule has 0 fully saturated rings. The molecule has 0 radical (unpaired) electrons. The molecule has 110 valence electrons. The Hall–Kier alpha value is -1.58. The molecule has 0 aromatic heterocycles. The van der Waals surface area contributed by atoms with Crippen LogP contribution in [0, 0.1) is 0 Å². The quantitative estimate of drug-likeness (QED) is 0.545. The minimum Gasteiger partial charge on any atom is -0.462 e. The number of esters is 1. The highest BCUT2D eigenvalue weighted by atomic mass is 79.9. The normalized spacial score (nSPS) is 10.3. The Bertz CT molecular complexity index is 556. The first kappa shape index (κ1) is 17.5. The molecule has 21 heavy (non-hydrogen) atoms. The SMILES string of the molecule is CCOC(=O)C(Cl)=Cc1ccccc1Br.c1ccccc1. The van der Waals surface area contributed by atoms with Gasteiger partial charge in [-0.2, -0.15) is 0 Å². The van der Waals surface area contributed by atoms with Crippen molar-refractivity contribution in [2.24, 2.45) is 0 Å². The molecule has 0 aliphatic carbocycles. The standard InChI is InChI=1S/C11H10BrClO2.C6H6/c1-2-15-11(14)10(13)7-8-5-3-4-6-9(8)12;1-2-4-6-5-3-1/h3-7H,2H2,1H3;1-6H. The van der Waals surface area contributed by atoms with Crippen LogP contribution in [0.15, 0.2) is 70.2 Å². The van der Waals surface area contributed by atoms with Gasteiger partial charge in [-0.1, -0.05) is 82.1 Å². The summed E-state index contributed by atoms with van der Waals surface area (Å²) in [6, 6.07) is 19.5. The average molecular weight is 368 g/mol. The van der Waals surface area contributed by atoms with Crippen LogP contribution >= 0.6 is 27.5 Å². The van der Waals surface area contributed by atoms with Crippen molar-refractivity contribution in [2.75, 3.05) is 6.61 Å². The van der Waals surface area contributed by atoms with Gasteiger partial charge in [0, 0.05) is 4.47 Å². The van der Waals surface area contributed by atoms with Crippen molar-refractivity contribution in [3.05, 3.63) is 75.7 Å². The van der Waals surface area contributed by atoms with E-state index in [0.29, 0.717) is 6.61 Å². The topological polar surface area (TPSA) is 26.3 Å². The van der Waals surface area contributed by atoms with Crippen molar-refractivity contribution >= 4 is 39.6 Å². The molecule has 0 heterocycles. The molecule has 0 saturated carbocycles. The van der Waals surface area contributed by atoms with E-state index in [2.05, 4.69) is 15.9 Å². The Balaban J connectivity index is 0.000000304. The smallest absolute Gasteiger partial charge is 0.349 e. The molecule has 0 atom stereocenters. The number of carbonyl (C=O) groups excluding carboxylic acids is 1. The van der Waals surface area contributed by atoms with Crippen LogP contribution in [0.25, 0.3) is 6.08 Å². The van der Waals surface area contributed by atoms with Crippen LogP contribution in [0.1, 0.15) is 12.5 Å². The number of carbonyl (C=O) groups is 1. The molecule has 2 rings (SSSR count). The summed E-state index contributed by atoms with van der Waals surface area (Å²) in [6.07, 6.45) is 1.57. The summed E-state index contributed by atoms with van der Waals surface area (Å²) in [7, 11) is 0. The summed E-state index contributed by atoms with van der Waals surface area (Å²) in [5, 5.41) is 0.0729. The van der Waals surface area contributed by atoms with Crippen molar-refractivity contribution in [1.29, 1.82) is 0 Å². The highest BCUT2D eigenvalue weighted by Gasteiger charge is 2.07. The average Bonchev–Trinajstić information content (AvgIpc) is 2.52. The molecule has 0 unspecified atom stereocenters. The predicted octanol–water partition coefficient (Wildman–Crippen LogP) is 5.28. The van der Waals surface area contributed by atoms with E-state index >= 15 is 0 Å². The Morgan fingerprint density at radius 1 is 1.10 bits per heavy atom. The van der Waals surface area contributed by atoms with Crippen LogP contribution in [0.4, 0.5) is 0 Å². The van der Waals surface area contributed by atoms with Gasteiger partial charge >= 0.3 is 5.97 Å². The zero-order valence-electron chi connectivity index (χ0n) is 11.6. The Morgan fingerprint density at radius 3 is 2.10 bits per heavy atom. The van der Waals surface area contributed by atoms with Gasteiger partial charge in [0.25, 0.3) is 0 Å². The molecule has 0 bridgehead atoms. The first-order valence-corrected chi connectivity index (χ1v) is 7.61. The zero-order valence-corrected chi connectivity index (χ0v) is 14.0. The minimum absolute atomic E-state index is 0.0729. The van der Waals surface area contributed by atoms with Crippen LogP contribution in [-0.4, -0.2) is 12.6 Å². The molecule has 0 aliphatic heterocycles. The molecular weight excluding hydrogens is 352 g/mol. The van der Waals surface area contributed by atoms with Gasteiger partial charge in [0.05, 0.1) is 6.61 Å². The maximum absolute atomic E-state index is 11.2. The van der Waals surface area contributed by atoms with Crippen LogP contribution in [0.5, 0.6) is 0 Å². The molecule has 2 nitrogen and oxygen atoms in total. The van der Waals surface area contributed by atoms with Gasteiger partial charge in [0.2, 0.25) is 0 Å². The molecule has 0 saturated heterocycles. The van der Waals surface area contributed by atoms with E-state index in [1.54, 1.807) is 13.0 Å². The Kier molecular flexibility index (Phi) is 8.48. The van der Waals surface area contributed by atoms with Gasteiger partial charge in [-0.15, -0.1) is 0 Å². The van der Waals surface area contributed by atoms with E-state index in [1.807, 2.05) is 60.7 Å². The molecule has 0 N–H and O–H groups in total. The van der Waals surface area contributed by atoms with Crippen molar-refractivity contribution in [2.45, 2.75) is 6.92 Å². The van der Waals surface area contributed by atoms with Crippen LogP contribution in [0.2, 0.25) is 0 Å².